The van der Waals surface area contributed by atoms with Gasteiger partial charge in [-0.15, -0.1) is 0 Å². The molecule has 1 saturated heterocycles. The third-order valence-corrected chi connectivity index (χ3v) is 29.4. The van der Waals surface area contributed by atoms with E-state index in [0.29, 0.717) is 99.4 Å². The van der Waals surface area contributed by atoms with E-state index in [1.165, 1.54) is 46.0 Å². The van der Waals surface area contributed by atoms with E-state index in [-0.39, 0.29) is 51.6 Å². The summed E-state index contributed by atoms with van der Waals surface area (Å²) in [7, 11) is 14.6. The van der Waals surface area contributed by atoms with Gasteiger partial charge in [0.05, 0.1) is 78.7 Å². The van der Waals surface area contributed by atoms with Crippen LogP contribution in [0.3, 0.4) is 0 Å². The van der Waals surface area contributed by atoms with Crippen LogP contribution in [0.5, 0.6) is 23.0 Å². The first-order valence-corrected chi connectivity index (χ1v) is 54.9. The van der Waals surface area contributed by atoms with Crippen LogP contribution >= 0.6 is 75.3 Å². The Morgan fingerprint density at radius 1 is 0.479 bits per heavy atom. The molecule has 11 aromatic carbocycles. The Balaban J connectivity index is 0.000000153. The number of thiocarbonyl (C=S) groups is 1. The maximum Gasteiger partial charge on any atom is -0.0134 e. The van der Waals surface area contributed by atoms with Crippen LogP contribution in [0.15, 0.2) is 362 Å². The van der Waals surface area contributed by atoms with Crippen molar-refractivity contribution in [1.29, 1.82) is 5.26 Å². The number of nitrogens with two attached hydrogens (primary N) is 1. The molecule has 5 N–H and O–H groups in total. The zero-order valence-electron chi connectivity index (χ0n) is 81.5. The number of nitrogen functional groups attached to an aromatic ring is 1. The van der Waals surface area contributed by atoms with E-state index in [2.05, 4.69) is 287 Å². The van der Waals surface area contributed by atoms with Crippen LogP contribution in [0.25, 0.3) is 65.9 Å². The molecule has 20 nitrogen and oxygen atoms in total. The minimum Gasteiger partial charge on any atom is -0.0622 e. The summed E-state index contributed by atoms with van der Waals surface area (Å²) in [5.41, 5.74) is 17.5. The molecule has 29 heteroatoms. The molecular weight excluding hydrogens is 2070 g/mol. The van der Waals surface area contributed by atoms with E-state index in [0.717, 1.165) is 96.3 Å². The Hall–Kier alpha value is -13.1. The van der Waals surface area contributed by atoms with Crippen molar-refractivity contribution in [2.75, 3.05) is 34.2 Å². The Labute approximate surface area is 878 Å². The minimum atomic E-state index is -0.446. The SMILES string of the molecule is CC1(C)OB(c2cccnc2)OC1(C)C.CCCCC(=O)c1cc2cc(-c3cccnc3)ccc2[nH]1.CCCCC(=O)c1cc2cc(Br)ccc2[nH]1.COc1cc(C#N)c(N=C=S)cc1OC.COc1cc2nc(=S)n(CCCC(=O)c3cc4cc(-c5cccnc5)ccc4[nH]3)c(N)c2cc1OC.[Cl][Pd][Cl].c1ccc(P(c2ccccc2)c2ccccc2)cc1.c1ccc(P(c2ccccc2)c2ccccc2)cc1. The summed E-state index contributed by atoms with van der Waals surface area (Å²) in [6.45, 7) is 12.8. The van der Waals surface area contributed by atoms with Gasteiger partial charge in [-0.1, -0.05) is 255 Å². The number of isothiocyanates is 1. The molecule has 1 aliphatic rings. The first-order chi connectivity index (χ1) is 70.0. The Morgan fingerprint density at radius 2 is 0.840 bits per heavy atom. The number of anilines is 1. The van der Waals surface area contributed by atoms with E-state index in [1.54, 1.807) is 67.8 Å². The number of nitriles is 1. The van der Waals surface area contributed by atoms with Crippen LogP contribution in [-0.4, -0.2) is 109 Å². The molecule has 0 unspecified atom stereocenters. The molecule has 7 aromatic heterocycles. The second-order valence-electron chi connectivity index (χ2n) is 33.7. The predicted molar refractivity (Wildman–Crippen MR) is 599 cm³/mol. The van der Waals surface area contributed by atoms with Gasteiger partial charge in [0.1, 0.15) is 11.9 Å². The topological polar surface area (TPSA) is 273 Å². The Bertz CT molecular complexity index is 7060. The third kappa shape index (κ3) is 30.3. The van der Waals surface area contributed by atoms with Crippen LogP contribution < -0.4 is 62.0 Å². The number of carbonyl (C=O) groups excluding carboxylic acids is 3. The first-order valence-electron chi connectivity index (χ1n) is 46.6. The fraction of sp³-hybridized carbons (Fsp3) is 0.183. The van der Waals surface area contributed by atoms with Crippen LogP contribution in [0.1, 0.15) is 130 Å². The number of fused-ring (bicyclic) bond motifs is 4. The largest absolute Gasteiger partial charge is 0.0622 e. The van der Waals surface area contributed by atoms with Crippen LogP contribution in [0.4, 0.5) is 11.5 Å². The zero-order valence-corrected chi connectivity index (χ0v) is 89.5. The summed E-state index contributed by atoms with van der Waals surface area (Å²) in [6, 6.07) is 109. The number of H-pyrrole nitrogens is 3. The van der Waals surface area contributed by atoms with Gasteiger partial charge >= 0.3 is 42.1 Å². The molecule has 18 aromatic rings. The van der Waals surface area contributed by atoms with E-state index < -0.39 is 15.8 Å². The van der Waals surface area contributed by atoms with Gasteiger partial charge in [-0.05, 0) is 215 Å². The summed E-state index contributed by atoms with van der Waals surface area (Å²) in [6.07, 6.45) is 16.8. The number of methoxy groups -OCH3 is 4. The van der Waals surface area contributed by atoms with Crippen molar-refractivity contribution in [3.05, 3.63) is 385 Å². The fourth-order valence-corrected chi connectivity index (χ4v) is 20.8. The predicted octanol–water partition coefficient (Wildman–Crippen LogP) is 26.4. The maximum atomic E-state index is 12.9. The number of aromatic amines is 3. The number of Topliss-reactive ketones (excluding diaryl/α,β-unsaturated/α-hetero) is 3. The first kappa shape index (κ1) is 110. The number of aliphatic imine (C=N–C) groups is 1. The standard InChI is InChI=1S/C27H25N5O3S.C18H18N2O.2C18H15P.C13H14BrNO.C11H16BNO2.C10H8N2O2S.2ClH.Pd/c1-34-24-13-19-21(14-25(24)35-2)31-27(36)32(26(19)28)10-4-6-23(33)22-12-18-11-16(7-8-20(18)30-22)17-5-3-9-29-15-17;1-2-3-6-18(21)17-11-15-10-13(7-8-16(15)20-17)14-5-4-9-19-12-14;2*1-4-10-16(11-5-1)19(17-12-6-2-7-13-17)18-14-8-3-9-15-18;1-2-3-4-13(16)12-8-9-7-10(14)5-6-11(9)15-12;1-10(2)11(3,4)15-12(14-10)9-6-5-7-13-8-9;1-13-9-3-7(5-11)8(12-6-15)4-10(9)14-2;;;/h3,5,7-9,11-15,30H,4,6,10,28H2,1-2H3;4-5,7-12,20H,2-3,6H2,1H3;2*1-15H;5-8,15H,2-4H2,1H3;5-8H,1-4H3;3-4H,1-2H3;2*1H;/q;;;;;;;;;+2/p-2. The van der Waals surface area contributed by atoms with Crippen molar-refractivity contribution < 1.29 is 58.6 Å². The van der Waals surface area contributed by atoms with Gasteiger partial charge in [-0.2, -0.15) is 10.3 Å². The van der Waals surface area contributed by atoms with Gasteiger partial charge in [-0.3, -0.25) is 29.3 Å². The van der Waals surface area contributed by atoms with Crippen LogP contribution in [-0.2, 0) is 31.8 Å². The van der Waals surface area contributed by atoms with Gasteiger partial charge in [-0.25, -0.2) is 4.98 Å². The number of aromatic nitrogens is 8. The van der Waals surface area contributed by atoms with Gasteiger partial charge < -0.3 is 53.5 Å². The summed E-state index contributed by atoms with van der Waals surface area (Å²) >= 11 is 13.3. The fourth-order valence-electron chi connectivity index (χ4n) is 15.5. The molecule has 1 fully saturated rings. The molecule has 1 aliphatic heterocycles. The molecule has 8 heterocycles. The molecule has 144 heavy (non-hydrogen) atoms. The zero-order chi connectivity index (χ0) is 102. The third-order valence-electron chi connectivity index (χ3n) is 23.6. The molecule has 0 amide bonds. The molecule has 0 spiro atoms. The number of hydrogen-bond acceptors (Lipinski definition) is 18. The average molecular weight is 2190 g/mol. The van der Waals surface area contributed by atoms with Crippen molar-refractivity contribution in [2.24, 2.45) is 4.99 Å². The van der Waals surface area contributed by atoms with Gasteiger partial charge in [0, 0.05) is 140 Å². The maximum absolute atomic E-state index is 12.9. The number of rotatable bonds is 27. The van der Waals surface area contributed by atoms with E-state index in [1.807, 2.05) is 137 Å². The van der Waals surface area contributed by atoms with E-state index >= 15 is 0 Å². The van der Waals surface area contributed by atoms with Gasteiger partial charge in [0.25, 0.3) is 0 Å². The van der Waals surface area contributed by atoms with E-state index in [4.69, 9.17) is 70.5 Å². The minimum absolute atomic E-state index is 0.0272. The molecule has 0 atom stereocenters. The van der Waals surface area contributed by atoms with Crippen molar-refractivity contribution in [3.8, 4) is 51.3 Å². The number of unbranched alkanes of at least 4 members (excludes halogenated alkanes) is 2. The number of halogens is 3. The van der Waals surface area contributed by atoms with Crippen molar-refractivity contribution in [2.45, 2.75) is 111 Å². The second-order valence-corrected chi connectivity index (χ2v) is 42.0. The van der Waals surface area contributed by atoms with Crippen molar-refractivity contribution >= 4 is 197 Å². The summed E-state index contributed by atoms with van der Waals surface area (Å²) < 4.78 is 35.8. The quantitative estimate of drug-likeness (QED) is 0.0122. The summed E-state index contributed by atoms with van der Waals surface area (Å²) in [5, 5.41) is 23.3. The monoisotopic (exact) mass is 2180 g/mol. The van der Waals surface area contributed by atoms with Gasteiger partial charge in [0.2, 0.25) is 4.77 Å². The molecule has 19 rings (SSSR count). The number of ether oxygens (including phenoxy) is 4. The number of nitrogens with zero attached hydrogens (tertiary/aromatic N) is 7. The summed E-state index contributed by atoms with van der Waals surface area (Å²) in [5.74, 6) is 3.00. The Morgan fingerprint density at radius 3 is 1.20 bits per heavy atom. The molecule has 736 valence electrons. The van der Waals surface area contributed by atoms with Crippen molar-refractivity contribution in [1.82, 2.24) is 39.5 Å². The molecule has 0 aliphatic carbocycles. The van der Waals surface area contributed by atoms with Crippen LogP contribution in [0, 0.1) is 16.1 Å². The van der Waals surface area contributed by atoms with Gasteiger partial charge in [0.15, 0.2) is 40.3 Å². The number of carbonyl (C=O) groups is 3. The normalized spacial score (nSPS) is 11.8. The number of ketones is 3. The number of pyridine rings is 3. The Kier molecular flexibility index (Phi) is 42.4. The number of benzene rings is 11. The average Bonchev–Trinajstić information content (AvgIpc) is 1.02. The van der Waals surface area contributed by atoms with E-state index in [9.17, 15) is 14.4 Å². The number of hydrogen-bond donors (Lipinski definition) is 4. The van der Waals surface area contributed by atoms with Crippen LogP contribution in [0.2, 0.25) is 0 Å². The molecule has 0 bridgehead atoms. The number of nitrogens with one attached hydrogen (secondary N) is 3. The molecular formula is C115H111BBrCl2N11O9P2PdS2. The molecule has 0 saturated carbocycles. The van der Waals surface area contributed by atoms with Crippen molar-refractivity contribution in [3.63, 3.8) is 0 Å². The summed E-state index contributed by atoms with van der Waals surface area (Å²) in [4.78, 5) is 67.1. The molecule has 0 radical (unpaired) electrons. The second kappa shape index (κ2) is 55.7. The smallest absolute Gasteiger partial charge is 0.0134 e.